The molecule has 5 unspecified atom stereocenters. The summed E-state index contributed by atoms with van der Waals surface area (Å²) < 4.78 is 11.4. The molecule has 10 nitrogen and oxygen atoms in total. The second kappa shape index (κ2) is 17.3. The van der Waals surface area contributed by atoms with Gasteiger partial charge in [0.25, 0.3) is 0 Å². The van der Waals surface area contributed by atoms with Crippen molar-refractivity contribution < 1.29 is 33.8 Å². The van der Waals surface area contributed by atoms with E-state index in [0.717, 1.165) is 12.8 Å². The number of carboxylic acids is 1. The van der Waals surface area contributed by atoms with Gasteiger partial charge in [0.1, 0.15) is 12.8 Å². The first-order chi connectivity index (χ1) is 16.9. The number of ether oxygens (including phenoxy) is 2. The zero-order valence-electron chi connectivity index (χ0n) is 23.7. The van der Waals surface area contributed by atoms with Crippen molar-refractivity contribution in [1.82, 2.24) is 15.1 Å². The number of hydrogen-bond donors (Lipinski definition) is 2. The van der Waals surface area contributed by atoms with Crippen LogP contribution in [-0.2, 0) is 28.7 Å². The van der Waals surface area contributed by atoms with Crippen molar-refractivity contribution in [1.29, 1.82) is 0 Å². The third-order valence-electron chi connectivity index (χ3n) is 6.59. The largest absolute Gasteiger partial charge is 0.480 e. The first-order valence-corrected chi connectivity index (χ1v) is 13.0. The molecule has 36 heavy (non-hydrogen) atoms. The van der Waals surface area contributed by atoms with E-state index >= 15 is 0 Å². The number of rotatable bonds is 18. The molecule has 0 aromatic carbocycles. The summed E-state index contributed by atoms with van der Waals surface area (Å²) in [5, 5.41) is 11.2. The second-order valence-electron chi connectivity index (χ2n) is 9.92. The van der Waals surface area contributed by atoms with Gasteiger partial charge in [0.05, 0.1) is 24.5 Å². The van der Waals surface area contributed by atoms with Crippen molar-refractivity contribution in [3.63, 3.8) is 0 Å². The van der Waals surface area contributed by atoms with Gasteiger partial charge in [-0.25, -0.2) is 0 Å². The van der Waals surface area contributed by atoms with E-state index in [1.54, 1.807) is 26.0 Å². The lowest BCUT2D eigenvalue weighted by Crippen LogP contribution is -2.54. The van der Waals surface area contributed by atoms with E-state index in [4.69, 9.17) is 14.6 Å². The fraction of sp³-hybridized carbons (Fsp3) is 0.846. The Hall–Kier alpha value is -2.20. The minimum Gasteiger partial charge on any atom is -0.480 e. The van der Waals surface area contributed by atoms with Gasteiger partial charge >= 0.3 is 5.97 Å². The zero-order valence-corrected chi connectivity index (χ0v) is 23.7. The van der Waals surface area contributed by atoms with E-state index in [0.29, 0.717) is 19.4 Å². The predicted molar refractivity (Wildman–Crippen MR) is 138 cm³/mol. The van der Waals surface area contributed by atoms with Gasteiger partial charge in [-0.15, -0.1) is 0 Å². The average molecular weight is 516 g/mol. The van der Waals surface area contributed by atoms with E-state index in [2.05, 4.69) is 5.32 Å². The minimum absolute atomic E-state index is 0.00568. The van der Waals surface area contributed by atoms with E-state index in [1.807, 2.05) is 34.6 Å². The Labute approximate surface area is 217 Å². The van der Waals surface area contributed by atoms with Crippen molar-refractivity contribution in [3.8, 4) is 0 Å². The molecule has 0 spiro atoms. The fourth-order valence-corrected chi connectivity index (χ4v) is 4.31. The van der Waals surface area contributed by atoms with Crippen molar-refractivity contribution in [2.75, 3.05) is 34.4 Å². The number of hydrogen-bond acceptors (Lipinski definition) is 6. The predicted octanol–water partition coefficient (Wildman–Crippen LogP) is 2.75. The molecule has 0 aliphatic heterocycles. The molecule has 0 saturated heterocycles. The maximum atomic E-state index is 13.6. The highest BCUT2D eigenvalue weighted by Gasteiger charge is 2.37. The molecule has 210 valence electrons. The van der Waals surface area contributed by atoms with Gasteiger partial charge in [-0.3, -0.25) is 19.2 Å². The molecule has 10 heteroatoms. The van der Waals surface area contributed by atoms with Crippen LogP contribution < -0.4 is 5.32 Å². The van der Waals surface area contributed by atoms with Gasteiger partial charge in [0.2, 0.25) is 17.7 Å². The van der Waals surface area contributed by atoms with Crippen LogP contribution in [0.2, 0.25) is 0 Å². The topological polar surface area (TPSA) is 125 Å². The summed E-state index contributed by atoms with van der Waals surface area (Å²) in [6.07, 6.45) is 1.33. The molecule has 0 saturated carbocycles. The summed E-state index contributed by atoms with van der Waals surface area (Å²) in [5.74, 6) is -2.41. The molecule has 0 bridgehead atoms. The molecule has 0 aliphatic rings. The zero-order chi connectivity index (χ0) is 28.0. The Kier molecular flexibility index (Phi) is 16.2. The van der Waals surface area contributed by atoms with Crippen LogP contribution in [0.25, 0.3) is 0 Å². The van der Waals surface area contributed by atoms with E-state index < -0.39 is 36.7 Å². The molecule has 2 N–H and O–H groups in total. The molecule has 5 atom stereocenters. The molecule has 0 rings (SSSR count). The Morgan fingerprint density at radius 1 is 0.944 bits per heavy atom. The Bertz CT molecular complexity index is 701. The first-order valence-electron chi connectivity index (χ1n) is 13.0. The lowest BCUT2D eigenvalue weighted by molar-refractivity contribution is -0.158. The molecular weight excluding hydrogens is 466 g/mol. The van der Waals surface area contributed by atoms with Gasteiger partial charge in [-0.2, -0.15) is 0 Å². The van der Waals surface area contributed by atoms with Crippen LogP contribution >= 0.6 is 0 Å². The minimum atomic E-state index is -1.15. The quantitative estimate of drug-likeness (QED) is 0.269. The van der Waals surface area contributed by atoms with Gasteiger partial charge in [0.15, 0.2) is 0 Å². The summed E-state index contributed by atoms with van der Waals surface area (Å²) in [6, 6.07) is -0.305. The van der Waals surface area contributed by atoms with Crippen LogP contribution in [0, 0.1) is 17.8 Å². The first kappa shape index (κ1) is 33.8. The van der Waals surface area contributed by atoms with Gasteiger partial charge in [-0.1, -0.05) is 47.5 Å². The summed E-state index contributed by atoms with van der Waals surface area (Å²) in [7, 11) is 4.73. The van der Waals surface area contributed by atoms with Crippen LogP contribution in [0.15, 0.2) is 0 Å². The maximum absolute atomic E-state index is 13.6. The molecule has 0 heterocycles. The van der Waals surface area contributed by atoms with Crippen LogP contribution in [0.5, 0.6) is 0 Å². The van der Waals surface area contributed by atoms with Crippen LogP contribution in [-0.4, -0.2) is 91.3 Å². The fourth-order valence-electron chi connectivity index (χ4n) is 4.31. The average Bonchev–Trinajstić information content (AvgIpc) is 2.82. The number of likely N-dealkylation sites (N-methyl/N-ethyl adjacent to an activating group) is 1. The van der Waals surface area contributed by atoms with Crippen LogP contribution in [0.1, 0.15) is 73.6 Å². The summed E-state index contributed by atoms with van der Waals surface area (Å²) in [4.78, 5) is 53.2. The van der Waals surface area contributed by atoms with Crippen molar-refractivity contribution in [3.05, 3.63) is 0 Å². The third-order valence-corrected chi connectivity index (χ3v) is 6.59. The monoisotopic (exact) mass is 515 g/mol. The van der Waals surface area contributed by atoms with Crippen molar-refractivity contribution in [2.24, 2.45) is 17.8 Å². The SMILES string of the molecule is CCCCN(C(=O)CC(OC)C(C(C)CC)N(C)C(=O)CC(C)C)C(OC)C(C)C(=O)NCC(=O)O. The highest BCUT2D eigenvalue weighted by Crippen LogP contribution is 2.25. The molecule has 0 radical (unpaired) electrons. The van der Waals surface area contributed by atoms with E-state index in [-0.39, 0.29) is 36.1 Å². The molecule has 0 aromatic rings. The number of nitrogens with zero attached hydrogens (tertiary/aromatic N) is 2. The highest BCUT2D eigenvalue weighted by atomic mass is 16.5. The standard InChI is InChI=1S/C26H49N3O7/c1-10-12-13-29(26(36-9)19(6)25(34)27-16-23(32)33)22(31)15-20(35-8)24(18(5)11-2)28(7)21(30)14-17(3)4/h17-20,24,26H,10-16H2,1-9H3,(H,27,34)(H,32,33). The second-order valence-corrected chi connectivity index (χ2v) is 9.92. The number of nitrogens with one attached hydrogen (secondary N) is 1. The normalized spacial score (nSPS) is 15.5. The number of aliphatic carboxylic acids is 1. The Balaban J connectivity index is 5.93. The number of unbranched alkanes of at least 4 members (excludes halogenated alkanes) is 1. The maximum Gasteiger partial charge on any atom is 0.322 e. The summed E-state index contributed by atoms with van der Waals surface area (Å²) in [5.41, 5.74) is 0. The highest BCUT2D eigenvalue weighted by molar-refractivity contribution is 5.84. The third kappa shape index (κ3) is 10.8. The molecule has 3 amide bonds. The van der Waals surface area contributed by atoms with Crippen molar-refractivity contribution in [2.45, 2.75) is 92.0 Å². The van der Waals surface area contributed by atoms with Crippen molar-refractivity contribution >= 4 is 23.7 Å². The van der Waals surface area contributed by atoms with Gasteiger partial charge in [-0.05, 0) is 25.2 Å². The molecular formula is C26H49N3O7. The Morgan fingerprint density at radius 2 is 1.56 bits per heavy atom. The lowest BCUT2D eigenvalue weighted by Gasteiger charge is -2.40. The smallest absolute Gasteiger partial charge is 0.322 e. The molecule has 0 fully saturated rings. The number of carbonyl (C=O) groups excluding carboxylic acids is 3. The van der Waals surface area contributed by atoms with Crippen LogP contribution in [0.4, 0.5) is 0 Å². The Morgan fingerprint density at radius 3 is 2.00 bits per heavy atom. The van der Waals surface area contributed by atoms with Gasteiger partial charge in [0, 0.05) is 34.2 Å². The summed E-state index contributed by atoms with van der Waals surface area (Å²) >= 11 is 0. The number of carbonyl (C=O) groups is 4. The number of methoxy groups -OCH3 is 2. The number of carboxylic acid groups (broad SMARTS) is 1. The van der Waals surface area contributed by atoms with Gasteiger partial charge < -0.3 is 29.7 Å². The molecule has 0 aliphatic carbocycles. The molecule has 0 aromatic heterocycles. The van der Waals surface area contributed by atoms with E-state index in [9.17, 15) is 19.2 Å². The summed E-state index contributed by atoms with van der Waals surface area (Å²) in [6.45, 7) is 11.5. The van der Waals surface area contributed by atoms with E-state index in [1.165, 1.54) is 12.0 Å². The lowest BCUT2D eigenvalue weighted by atomic mass is 9.90. The van der Waals surface area contributed by atoms with Crippen LogP contribution in [0.3, 0.4) is 0 Å². The number of amides is 3.